The SMILES string of the molecule is CCc1ccccc1N(CC)C(=O)Cc1c(C(=O)[O-])[nH]c2ccccc12. The van der Waals surface area contributed by atoms with Gasteiger partial charge in [0.25, 0.3) is 0 Å². The van der Waals surface area contributed by atoms with Gasteiger partial charge in [-0.1, -0.05) is 43.3 Å². The number of nitrogens with one attached hydrogen (secondary N) is 1. The van der Waals surface area contributed by atoms with Crippen LogP contribution >= 0.6 is 0 Å². The number of para-hydroxylation sites is 2. The van der Waals surface area contributed by atoms with Gasteiger partial charge in [-0.15, -0.1) is 0 Å². The lowest BCUT2D eigenvalue weighted by molar-refractivity contribution is -0.255. The minimum absolute atomic E-state index is 0.000779. The molecule has 26 heavy (non-hydrogen) atoms. The Labute approximate surface area is 152 Å². The molecule has 0 saturated carbocycles. The Hall–Kier alpha value is -3.08. The van der Waals surface area contributed by atoms with Crippen LogP contribution in [0.3, 0.4) is 0 Å². The van der Waals surface area contributed by atoms with Gasteiger partial charge >= 0.3 is 0 Å². The predicted octanol–water partition coefficient (Wildman–Crippen LogP) is 2.69. The van der Waals surface area contributed by atoms with E-state index in [4.69, 9.17) is 0 Å². The van der Waals surface area contributed by atoms with Crippen LogP contribution in [0.5, 0.6) is 0 Å². The van der Waals surface area contributed by atoms with Crippen molar-refractivity contribution >= 4 is 28.5 Å². The van der Waals surface area contributed by atoms with Gasteiger partial charge in [-0.25, -0.2) is 0 Å². The number of amides is 1. The maximum absolute atomic E-state index is 13.0. The average Bonchev–Trinajstić information content (AvgIpc) is 3.02. The van der Waals surface area contributed by atoms with Gasteiger partial charge in [0.1, 0.15) is 0 Å². The number of H-pyrrole nitrogens is 1. The smallest absolute Gasteiger partial charge is 0.231 e. The first-order valence-electron chi connectivity index (χ1n) is 8.76. The minimum Gasteiger partial charge on any atom is -0.543 e. The van der Waals surface area contributed by atoms with Gasteiger partial charge in [-0.05, 0) is 36.6 Å². The average molecular weight is 349 g/mol. The lowest BCUT2D eigenvalue weighted by atomic mass is 10.0. The second kappa shape index (κ2) is 7.44. The summed E-state index contributed by atoms with van der Waals surface area (Å²) in [5, 5.41) is 12.3. The van der Waals surface area contributed by atoms with E-state index >= 15 is 0 Å². The summed E-state index contributed by atoms with van der Waals surface area (Å²) in [5.41, 5.74) is 3.09. The molecule has 1 amide bonds. The van der Waals surface area contributed by atoms with Gasteiger partial charge in [0, 0.05) is 23.1 Å². The third-order valence-electron chi connectivity index (χ3n) is 4.63. The van der Waals surface area contributed by atoms with E-state index in [0.717, 1.165) is 23.1 Å². The van der Waals surface area contributed by atoms with Crippen molar-refractivity contribution in [3.05, 3.63) is 65.4 Å². The molecule has 134 valence electrons. The molecule has 1 N–H and O–H groups in total. The van der Waals surface area contributed by atoms with Crippen LogP contribution in [0.1, 0.15) is 35.5 Å². The molecule has 5 nitrogen and oxygen atoms in total. The zero-order valence-electron chi connectivity index (χ0n) is 14.9. The third kappa shape index (κ3) is 3.20. The fourth-order valence-electron chi connectivity index (χ4n) is 3.36. The molecule has 0 atom stereocenters. The first kappa shape index (κ1) is 17.7. The summed E-state index contributed by atoms with van der Waals surface area (Å²) < 4.78 is 0. The lowest BCUT2D eigenvalue weighted by Gasteiger charge is -2.24. The fraction of sp³-hybridized carbons (Fsp3) is 0.238. The van der Waals surface area contributed by atoms with E-state index in [1.807, 2.05) is 56.3 Å². The number of anilines is 1. The molecule has 2 aromatic carbocycles. The second-order valence-electron chi connectivity index (χ2n) is 6.11. The van der Waals surface area contributed by atoms with Crippen molar-refractivity contribution in [1.82, 2.24) is 4.98 Å². The van der Waals surface area contributed by atoms with Gasteiger partial charge in [-0.3, -0.25) is 4.79 Å². The molecule has 0 aliphatic rings. The highest BCUT2D eigenvalue weighted by molar-refractivity contribution is 6.02. The number of hydrogen-bond donors (Lipinski definition) is 1. The van der Waals surface area contributed by atoms with E-state index in [1.54, 1.807) is 11.0 Å². The maximum atomic E-state index is 13.0. The summed E-state index contributed by atoms with van der Waals surface area (Å²) in [7, 11) is 0. The van der Waals surface area contributed by atoms with Crippen molar-refractivity contribution < 1.29 is 14.7 Å². The van der Waals surface area contributed by atoms with Crippen LogP contribution in [0.4, 0.5) is 5.69 Å². The number of aryl methyl sites for hydroxylation is 1. The van der Waals surface area contributed by atoms with Gasteiger partial charge in [0.15, 0.2) is 0 Å². The van der Waals surface area contributed by atoms with Gasteiger partial charge in [0.05, 0.1) is 18.1 Å². The molecule has 0 fully saturated rings. The molecule has 5 heteroatoms. The predicted molar refractivity (Wildman–Crippen MR) is 100 cm³/mol. The Bertz CT molecular complexity index is 959. The number of rotatable bonds is 6. The number of carbonyl (C=O) groups excluding carboxylic acids is 2. The molecule has 1 aromatic heterocycles. The molecule has 3 aromatic rings. The Kier molecular flexibility index (Phi) is 5.07. The van der Waals surface area contributed by atoms with Crippen LogP contribution in [-0.2, 0) is 17.6 Å². The van der Waals surface area contributed by atoms with Gasteiger partial charge in [0.2, 0.25) is 5.91 Å². The lowest BCUT2D eigenvalue weighted by Crippen LogP contribution is -2.33. The van der Waals surface area contributed by atoms with Crippen LogP contribution in [0, 0.1) is 0 Å². The third-order valence-corrected chi connectivity index (χ3v) is 4.63. The number of carboxylic acid groups (broad SMARTS) is 1. The number of aromatic nitrogens is 1. The molecule has 3 rings (SSSR count). The topological polar surface area (TPSA) is 76.2 Å². The Morgan fingerprint density at radius 1 is 1.04 bits per heavy atom. The quantitative estimate of drug-likeness (QED) is 0.743. The highest BCUT2D eigenvalue weighted by atomic mass is 16.4. The molecule has 0 bridgehead atoms. The first-order chi connectivity index (χ1) is 12.6. The number of nitrogens with zero attached hydrogens (tertiary/aromatic N) is 1. The molecule has 0 aliphatic carbocycles. The molecule has 0 unspecified atom stereocenters. The van der Waals surface area contributed by atoms with Gasteiger partial charge < -0.3 is 19.8 Å². The summed E-state index contributed by atoms with van der Waals surface area (Å²) in [6.45, 7) is 4.48. The minimum atomic E-state index is -1.30. The number of aromatic amines is 1. The highest BCUT2D eigenvalue weighted by Gasteiger charge is 2.21. The summed E-state index contributed by atoms with van der Waals surface area (Å²) >= 11 is 0. The van der Waals surface area contributed by atoms with Crippen LogP contribution in [0.2, 0.25) is 0 Å². The monoisotopic (exact) mass is 349 g/mol. The normalized spacial score (nSPS) is 10.8. The number of fused-ring (bicyclic) bond motifs is 1. The first-order valence-corrected chi connectivity index (χ1v) is 8.76. The number of carboxylic acids is 1. The van der Waals surface area contributed by atoms with Crippen LogP contribution < -0.4 is 10.0 Å². The molecule has 0 aliphatic heterocycles. The summed E-state index contributed by atoms with van der Waals surface area (Å²) in [6.07, 6.45) is 0.816. The Morgan fingerprint density at radius 3 is 2.42 bits per heavy atom. The molecular formula is C21H21N2O3-. The van der Waals surface area contributed by atoms with E-state index in [1.165, 1.54) is 0 Å². The van der Waals surface area contributed by atoms with Crippen molar-refractivity contribution in [2.24, 2.45) is 0 Å². The van der Waals surface area contributed by atoms with Crippen molar-refractivity contribution in [2.45, 2.75) is 26.7 Å². The zero-order valence-corrected chi connectivity index (χ0v) is 14.9. The van der Waals surface area contributed by atoms with Crippen LogP contribution in [-0.4, -0.2) is 23.4 Å². The molecule has 0 saturated heterocycles. The van der Waals surface area contributed by atoms with Crippen LogP contribution in [0.25, 0.3) is 10.9 Å². The second-order valence-corrected chi connectivity index (χ2v) is 6.11. The van der Waals surface area contributed by atoms with E-state index in [-0.39, 0.29) is 18.0 Å². The fourth-order valence-corrected chi connectivity index (χ4v) is 3.36. The Morgan fingerprint density at radius 2 is 1.73 bits per heavy atom. The van der Waals surface area contributed by atoms with Crippen molar-refractivity contribution in [2.75, 3.05) is 11.4 Å². The standard InChI is InChI=1S/C21H22N2O3/c1-3-14-9-5-8-12-18(14)23(4-2)19(24)13-16-15-10-6-7-11-17(15)22-20(16)21(25)26/h5-12,22H,3-4,13H2,1-2H3,(H,25,26)/p-1. The number of likely N-dealkylation sites (N-methyl/N-ethyl adjacent to an activating group) is 1. The number of aromatic carboxylic acids is 1. The van der Waals surface area contributed by atoms with E-state index in [2.05, 4.69) is 4.98 Å². The van der Waals surface area contributed by atoms with E-state index in [0.29, 0.717) is 17.6 Å². The summed E-state index contributed by atoms with van der Waals surface area (Å²) in [5.74, 6) is -1.44. The largest absolute Gasteiger partial charge is 0.543 e. The number of hydrogen-bond acceptors (Lipinski definition) is 3. The molecule has 0 spiro atoms. The zero-order chi connectivity index (χ0) is 18.7. The highest BCUT2D eigenvalue weighted by Crippen LogP contribution is 2.26. The van der Waals surface area contributed by atoms with Crippen LogP contribution in [0.15, 0.2) is 48.5 Å². The molecule has 0 radical (unpaired) electrons. The summed E-state index contributed by atoms with van der Waals surface area (Å²) in [6, 6.07) is 15.0. The maximum Gasteiger partial charge on any atom is 0.231 e. The molecular weight excluding hydrogens is 328 g/mol. The number of benzene rings is 2. The molecule has 1 heterocycles. The number of carbonyl (C=O) groups is 2. The Balaban J connectivity index is 2.00. The van der Waals surface area contributed by atoms with E-state index < -0.39 is 5.97 Å². The van der Waals surface area contributed by atoms with Crippen molar-refractivity contribution in [3.8, 4) is 0 Å². The van der Waals surface area contributed by atoms with Crippen molar-refractivity contribution in [3.63, 3.8) is 0 Å². The van der Waals surface area contributed by atoms with Crippen molar-refractivity contribution in [1.29, 1.82) is 0 Å². The van der Waals surface area contributed by atoms with E-state index in [9.17, 15) is 14.7 Å². The summed E-state index contributed by atoms with van der Waals surface area (Å²) in [4.78, 5) is 29.1. The van der Waals surface area contributed by atoms with Gasteiger partial charge in [-0.2, -0.15) is 0 Å².